The lowest BCUT2D eigenvalue weighted by molar-refractivity contribution is -0.0424. The number of ether oxygens (including phenoxy) is 1. The summed E-state index contributed by atoms with van der Waals surface area (Å²) in [6.07, 6.45) is 6.53. The van der Waals surface area contributed by atoms with Crippen LogP contribution in [0.2, 0.25) is 5.02 Å². The number of rotatable bonds is 5. The number of aryl methyl sites for hydroxylation is 1. The minimum absolute atomic E-state index is 0.131. The van der Waals surface area contributed by atoms with Crippen LogP contribution in [-0.4, -0.2) is 39.0 Å². The molecule has 2 aromatic heterocycles. The van der Waals surface area contributed by atoms with Crippen molar-refractivity contribution < 1.29 is 9.13 Å². The Morgan fingerprint density at radius 1 is 1.35 bits per heavy atom. The molecule has 1 saturated heterocycles. The summed E-state index contributed by atoms with van der Waals surface area (Å²) in [5.74, 6) is -0.261. The first-order valence-electron chi connectivity index (χ1n) is 11.6. The number of halogens is 2. The highest BCUT2D eigenvalue weighted by molar-refractivity contribution is 6.33. The van der Waals surface area contributed by atoms with Crippen LogP contribution < -0.4 is 16.2 Å². The number of imidazole rings is 1. The van der Waals surface area contributed by atoms with Crippen molar-refractivity contribution in [3.05, 3.63) is 74.4 Å². The van der Waals surface area contributed by atoms with Crippen LogP contribution in [-0.2, 0) is 17.7 Å². The smallest absolute Gasteiger partial charge is 0.290 e. The predicted molar refractivity (Wildman–Crippen MR) is 128 cm³/mol. The number of benzene rings is 1. The number of nitrogens with zero attached hydrogens (tertiary/aromatic N) is 5. The second-order valence-electron chi connectivity index (χ2n) is 8.88. The molecule has 8 nitrogen and oxygen atoms in total. The van der Waals surface area contributed by atoms with E-state index in [4.69, 9.17) is 22.1 Å². The fourth-order valence-corrected chi connectivity index (χ4v) is 5.24. The Morgan fingerprint density at radius 3 is 2.94 bits per heavy atom. The molecule has 2 N–H and O–H groups in total. The minimum atomic E-state index is -0.362. The summed E-state index contributed by atoms with van der Waals surface area (Å²) in [4.78, 5) is 19.6. The molecule has 10 heteroatoms. The molecule has 1 aromatic carbocycles. The molecule has 2 atom stereocenters. The molecule has 5 rings (SSSR count). The van der Waals surface area contributed by atoms with E-state index in [2.05, 4.69) is 14.6 Å². The third kappa shape index (κ3) is 4.12. The van der Waals surface area contributed by atoms with Gasteiger partial charge in [-0.1, -0.05) is 17.7 Å². The van der Waals surface area contributed by atoms with Gasteiger partial charge in [0.2, 0.25) is 0 Å². The van der Waals surface area contributed by atoms with Gasteiger partial charge in [-0.2, -0.15) is 9.78 Å². The third-order valence-electron chi connectivity index (χ3n) is 6.79. The summed E-state index contributed by atoms with van der Waals surface area (Å²) in [7, 11) is 0. The summed E-state index contributed by atoms with van der Waals surface area (Å²) >= 11 is 6.52. The van der Waals surface area contributed by atoms with Gasteiger partial charge >= 0.3 is 0 Å². The molecule has 4 heterocycles. The Labute approximate surface area is 202 Å². The van der Waals surface area contributed by atoms with Gasteiger partial charge in [-0.05, 0) is 49.4 Å². The maximum Gasteiger partial charge on any atom is 0.290 e. The van der Waals surface area contributed by atoms with Crippen molar-refractivity contribution in [2.45, 2.75) is 51.4 Å². The lowest BCUT2D eigenvalue weighted by Gasteiger charge is -2.31. The molecule has 180 valence electrons. The highest BCUT2D eigenvalue weighted by atomic mass is 35.5. The second-order valence-corrected chi connectivity index (χ2v) is 9.26. The van der Waals surface area contributed by atoms with E-state index < -0.39 is 0 Å². The molecule has 2 aliphatic rings. The van der Waals surface area contributed by atoms with Gasteiger partial charge < -0.3 is 19.9 Å². The first-order valence-corrected chi connectivity index (χ1v) is 12.0. The summed E-state index contributed by atoms with van der Waals surface area (Å²) in [5, 5.41) is 4.52. The lowest BCUT2D eigenvalue weighted by Crippen LogP contribution is -2.36. The summed E-state index contributed by atoms with van der Waals surface area (Å²) in [6.45, 7) is 4.05. The summed E-state index contributed by atoms with van der Waals surface area (Å²) in [6, 6.07) is 4.65. The summed E-state index contributed by atoms with van der Waals surface area (Å²) < 4.78 is 22.8. The standard InChI is InChI=1S/C24H28ClFN6O2/c1-15-10-16(26)5-6-17(15)20(11-27)31-14-28-18-13-30(8-7-19(18)31)21-12-29-32(24(33)23(21)25)22-4-2-3-9-34-22/h5-6,10,12,14,20,22H,2-4,7-9,11,13,27H2,1H3. The van der Waals surface area contributed by atoms with Crippen molar-refractivity contribution in [1.29, 1.82) is 0 Å². The van der Waals surface area contributed by atoms with Gasteiger partial charge in [0, 0.05) is 31.8 Å². The maximum absolute atomic E-state index is 13.6. The van der Waals surface area contributed by atoms with E-state index in [0.29, 0.717) is 38.3 Å². The van der Waals surface area contributed by atoms with E-state index in [9.17, 15) is 9.18 Å². The Bertz CT molecular complexity index is 1250. The van der Waals surface area contributed by atoms with Crippen LogP contribution in [0.25, 0.3) is 0 Å². The molecule has 0 aliphatic carbocycles. The molecule has 0 radical (unpaired) electrons. The molecule has 3 aromatic rings. The van der Waals surface area contributed by atoms with Gasteiger partial charge in [-0.15, -0.1) is 0 Å². The number of hydrogen-bond acceptors (Lipinski definition) is 6. The highest BCUT2D eigenvalue weighted by Gasteiger charge is 2.28. The molecule has 1 fully saturated rings. The molecular weight excluding hydrogens is 459 g/mol. The van der Waals surface area contributed by atoms with E-state index in [1.165, 1.54) is 16.8 Å². The first-order chi connectivity index (χ1) is 16.5. The van der Waals surface area contributed by atoms with Crippen LogP contribution >= 0.6 is 11.6 Å². The van der Waals surface area contributed by atoms with Crippen molar-refractivity contribution in [1.82, 2.24) is 19.3 Å². The van der Waals surface area contributed by atoms with Gasteiger partial charge in [0.05, 0.1) is 36.5 Å². The predicted octanol–water partition coefficient (Wildman–Crippen LogP) is 3.35. The van der Waals surface area contributed by atoms with E-state index in [-0.39, 0.29) is 28.7 Å². The maximum atomic E-state index is 13.6. The van der Waals surface area contributed by atoms with Crippen LogP contribution in [0.4, 0.5) is 10.1 Å². The molecule has 34 heavy (non-hydrogen) atoms. The Hall–Kier alpha value is -2.75. The zero-order valence-corrected chi connectivity index (χ0v) is 19.8. The molecule has 2 aliphatic heterocycles. The third-order valence-corrected chi connectivity index (χ3v) is 7.14. The normalized spacial score (nSPS) is 19.2. The van der Waals surface area contributed by atoms with E-state index in [1.54, 1.807) is 18.6 Å². The van der Waals surface area contributed by atoms with Crippen LogP contribution in [0.1, 0.15) is 54.0 Å². The van der Waals surface area contributed by atoms with Gasteiger partial charge in [0.1, 0.15) is 10.8 Å². The number of aromatic nitrogens is 4. The fraction of sp³-hybridized carbons (Fsp3) is 0.458. The largest absolute Gasteiger partial charge is 0.362 e. The zero-order valence-electron chi connectivity index (χ0n) is 19.1. The van der Waals surface area contributed by atoms with Gasteiger partial charge in [-0.25, -0.2) is 9.37 Å². The topological polar surface area (TPSA) is 91.2 Å². The fourth-order valence-electron chi connectivity index (χ4n) is 4.99. The average Bonchev–Trinajstić information content (AvgIpc) is 3.26. The highest BCUT2D eigenvalue weighted by Crippen LogP contribution is 2.31. The number of fused-ring (bicyclic) bond motifs is 1. The first kappa shape index (κ1) is 23.0. The molecule has 0 amide bonds. The van der Waals surface area contributed by atoms with E-state index in [1.807, 2.05) is 11.8 Å². The molecule has 0 spiro atoms. The average molecular weight is 487 g/mol. The lowest BCUT2D eigenvalue weighted by atomic mass is 10.00. The second kappa shape index (κ2) is 9.48. The van der Waals surface area contributed by atoms with Gasteiger partial charge in [0.25, 0.3) is 5.56 Å². The Morgan fingerprint density at radius 2 is 2.21 bits per heavy atom. The molecule has 0 bridgehead atoms. The number of nitrogens with two attached hydrogens (primary N) is 1. The van der Waals surface area contributed by atoms with Crippen molar-refractivity contribution in [3.8, 4) is 0 Å². The number of hydrogen-bond donors (Lipinski definition) is 1. The molecule has 2 unspecified atom stereocenters. The van der Waals surface area contributed by atoms with Crippen LogP contribution in [0, 0.1) is 12.7 Å². The SMILES string of the molecule is Cc1cc(F)ccc1C(CN)n1cnc2c1CCN(c1cnn(C3CCCCO3)c(=O)c1Cl)C2. The van der Waals surface area contributed by atoms with Crippen molar-refractivity contribution in [3.63, 3.8) is 0 Å². The Balaban J connectivity index is 1.40. The monoisotopic (exact) mass is 486 g/mol. The van der Waals surface area contributed by atoms with Crippen LogP contribution in [0.5, 0.6) is 0 Å². The molecular formula is C24H28ClFN6O2. The van der Waals surface area contributed by atoms with E-state index in [0.717, 1.165) is 41.8 Å². The number of anilines is 1. The quantitative estimate of drug-likeness (QED) is 0.594. The van der Waals surface area contributed by atoms with Crippen molar-refractivity contribution >= 4 is 17.3 Å². The zero-order chi connectivity index (χ0) is 23.8. The van der Waals surface area contributed by atoms with Crippen molar-refractivity contribution in [2.75, 3.05) is 24.6 Å². The summed E-state index contributed by atoms with van der Waals surface area (Å²) in [5.41, 5.74) is 10.2. The van der Waals surface area contributed by atoms with Gasteiger partial charge in [-0.3, -0.25) is 4.79 Å². The minimum Gasteiger partial charge on any atom is -0.362 e. The molecule has 0 saturated carbocycles. The van der Waals surface area contributed by atoms with E-state index >= 15 is 0 Å². The van der Waals surface area contributed by atoms with Crippen LogP contribution in [0.3, 0.4) is 0 Å². The van der Waals surface area contributed by atoms with Crippen molar-refractivity contribution in [2.24, 2.45) is 5.73 Å². The van der Waals surface area contributed by atoms with Gasteiger partial charge in [0.15, 0.2) is 6.23 Å². The van der Waals surface area contributed by atoms with Crippen LogP contribution in [0.15, 0.2) is 35.5 Å². The Kier molecular flexibility index (Phi) is 6.42.